The zero-order valence-corrected chi connectivity index (χ0v) is 7.70. The van der Waals surface area contributed by atoms with E-state index >= 15 is 0 Å². The fourth-order valence-corrected chi connectivity index (χ4v) is 1.54. The average Bonchev–Trinajstić information content (AvgIpc) is 2.56. The highest BCUT2D eigenvalue weighted by molar-refractivity contribution is 6.29. The molecule has 1 unspecified atom stereocenters. The van der Waals surface area contributed by atoms with Gasteiger partial charge in [-0.05, 0) is 6.42 Å². The van der Waals surface area contributed by atoms with Crippen molar-refractivity contribution in [1.82, 2.24) is 9.55 Å². The molecule has 0 aromatic carbocycles. The first kappa shape index (κ1) is 8.72. The third-order valence-corrected chi connectivity index (χ3v) is 2.31. The average molecular weight is 201 g/mol. The van der Waals surface area contributed by atoms with Crippen LogP contribution in [-0.4, -0.2) is 22.8 Å². The molecule has 1 aliphatic rings. The molecule has 1 aromatic rings. The first-order valence-electron chi connectivity index (χ1n) is 4.09. The highest BCUT2D eigenvalue weighted by Gasteiger charge is 2.18. The van der Waals surface area contributed by atoms with E-state index in [1.54, 1.807) is 4.57 Å². The van der Waals surface area contributed by atoms with Crippen LogP contribution in [0.4, 0.5) is 0 Å². The molecule has 4 nitrogen and oxygen atoms in total. The molecule has 5 heteroatoms. The molecule has 1 fully saturated rings. The van der Waals surface area contributed by atoms with E-state index in [2.05, 4.69) is 4.98 Å². The van der Waals surface area contributed by atoms with Crippen molar-refractivity contribution in [2.24, 2.45) is 0 Å². The molecule has 70 valence electrons. The Hall–Kier alpha value is -0.870. The van der Waals surface area contributed by atoms with Gasteiger partial charge in [0.15, 0.2) is 0 Å². The topological polar surface area (TPSA) is 44.1 Å². The third-order valence-electron chi connectivity index (χ3n) is 2.10. The SMILES string of the molecule is O=c1cc(Cl)ncn1C1CCOC1. The molecule has 0 N–H and O–H groups in total. The third kappa shape index (κ3) is 1.73. The summed E-state index contributed by atoms with van der Waals surface area (Å²) in [5.74, 6) is 0. The zero-order valence-electron chi connectivity index (χ0n) is 6.94. The molecule has 1 saturated heterocycles. The lowest BCUT2D eigenvalue weighted by atomic mass is 10.2. The van der Waals surface area contributed by atoms with Gasteiger partial charge in [-0.1, -0.05) is 11.6 Å². The second-order valence-corrected chi connectivity index (χ2v) is 3.36. The summed E-state index contributed by atoms with van der Waals surface area (Å²) < 4.78 is 6.74. The van der Waals surface area contributed by atoms with Gasteiger partial charge in [-0.2, -0.15) is 0 Å². The van der Waals surface area contributed by atoms with Crippen molar-refractivity contribution in [3.63, 3.8) is 0 Å². The molecule has 0 bridgehead atoms. The fraction of sp³-hybridized carbons (Fsp3) is 0.500. The minimum Gasteiger partial charge on any atom is -0.379 e. The Morgan fingerprint density at radius 2 is 2.54 bits per heavy atom. The molecule has 2 rings (SSSR count). The molecular weight excluding hydrogens is 192 g/mol. The van der Waals surface area contributed by atoms with Crippen molar-refractivity contribution in [3.8, 4) is 0 Å². The van der Waals surface area contributed by atoms with Crippen LogP contribution in [0.25, 0.3) is 0 Å². The van der Waals surface area contributed by atoms with Crippen LogP contribution in [0.2, 0.25) is 5.15 Å². The second-order valence-electron chi connectivity index (χ2n) is 2.97. The smallest absolute Gasteiger partial charge is 0.255 e. The van der Waals surface area contributed by atoms with Crippen molar-refractivity contribution in [3.05, 3.63) is 27.9 Å². The summed E-state index contributed by atoms with van der Waals surface area (Å²) in [6.45, 7) is 1.29. The Morgan fingerprint density at radius 1 is 1.69 bits per heavy atom. The maximum Gasteiger partial charge on any atom is 0.255 e. The molecule has 0 amide bonds. The minimum atomic E-state index is -0.115. The monoisotopic (exact) mass is 200 g/mol. The van der Waals surface area contributed by atoms with Crippen LogP contribution in [0, 0.1) is 0 Å². The van der Waals surface area contributed by atoms with Gasteiger partial charge < -0.3 is 4.74 Å². The van der Waals surface area contributed by atoms with Crippen molar-refractivity contribution in [2.45, 2.75) is 12.5 Å². The van der Waals surface area contributed by atoms with Gasteiger partial charge >= 0.3 is 0 Å². The number of rotatable bonds is 1. The van der Waals surface area contributed by atoms with Gasteiger partial charge in [-0.3, -0.25) is 9.36 Å². The Morgan fingerprint density at radius 3 is 3.15 bits per heavy atom. The standard InChI is InChI=1S/C8H9ClN2O2/c9-7-3-8(12)11(5-10-7)6-1-2-13-4-6/h3,5-6H,1-2,4H2. The van der Waals surface area contributed by atoms with E-state index in [1.165, 1.54) is 12.4 Å². The summed E-state index contributed by atoms with van der Waals surface area (Å²) >= 11 is 5.57. The molecular formula is C8H9ClN2O2. The summed E-state index contributed by atoms with van der Waals surface area (Å²) in [6.07, 6.45) is 2.34. The minimum absolute atomic E-state index is 0.115. The van der Waals surface area contributed by atoms with Crippen LogP contribution in [0.15, 0.2) is 17.2 Å². The van der Waals surface area contributed by atoms with Crippen LogP contribution < -0.4 is 5.56 Å². The number of hydrogen-bond donors (Lipinski definition) is 0. The van der Waals surface area contributed by atoms with Gasteiger partial charge in [0.2, 0.25) is 0 Å². The van der Waals surface area contributed by atoms with E-state index in [0.29, 0.717) is 13.2 Å². The predicted molar refractivity (Wildman–Crippen MR) is 48.0 cm³/mol. The lowest BCUT2D eigenvalue weighted by Crippen LogP contribution is -2.24. The lowest BCUT2D eigenvalue weighted by Gasteiger charge is -2.09. The number of halogens is 1. The number of nitrogens with zero attached hydrogens (tertiary/aromatic N) is 2. The van der Waals surface area contributed by atoms with Crippen molar-refractivity contribution < 1.29 is 4.74 Å². The van der Waals surface area contributed by atoms with Crippen LogP contribution in [0.3, 0.4) is 0 Å². The van der Waals surface area contributed by atoms with Crippen LogP contribution in [0.1, 0.15) is 12.5 Å². The lowest BCUT2D eigenvalue weighted by molar-refractivity contribution is 0.186. The number of aromatic nitrogens is 2. The summed E-state index contributed by atoms with van der Waals surface area (Å²) in [5.41, 5.74) is -0.115. The Kier molecular flexibility index (Phi) is 2.33. The molecule has 1 aromatic heterocycles. The van der Waals surface area contributed by atoms with E-state index in [4.69, 9.17) is 16.3 Å². The van der Waals surface area contributed by atoms with Crippen molar-refractivity contribution >= 4 is 11.6 Å². The molecule has 1 aliphatic heterocycles. The first-order chi connectivity index (χ1) is 6.27. The highest BCUT2D eigenvalue weighted by Crippen LogP contribution is 2.16. The van der Waals surface area contributed by atoms with E-state index in [1.807, 2.05) is 0 Å². The second kappa shape index (κ2) is 3.47. The number of hydrogen-bond acceptors (Lipinski definition) is 3. The van der Waals surface area contributed by atoms with Crippen LogP contribution in [0.5, 0.6) is 0 Å². The van der Waals surface area contributed by atoms with Crippen molar-refractivity contribution in [2.75, 3.05) is 13.2 Å². The van der Waals surface area contributed by atoms with Gasteiger partial charge in [0.05, 0.1) is 19.0 Å². The highest BCUT2D eigenvalue weighted by atomic mass is 35.5. The molecule has 0 radical (unpaired) electrons. The van der Waals surface area contributed by atoms with E-state index in [-0.39, 0.29) is 16.8 Å². The number of ether oxygens (including phenoxy) is 1. The Bertz CT molecular complexity index is 357. The van der Waals surface area contributed by atoms with Gasteiger partial charge in [0, 0.05) is 12.7 Å². The van der Waals surface area contributed by atoms with E-state index in [0.717, 1.165) is 6.42 Å². The molecule has 0 spiro atoms. The normalized spacial score (nSPS) is 22.1. The van der Waals surface area contributed by atoms with E-state index in [9.17, 15) is 4.79 Å². The maximum atomic E-state index is 11.4. The molecule has 0 saturated carbocycles. The fourth-order valence-electron chi connectivity index (χ4n) is 1.40. The van der Waals surface area contributed by atoms with Crippen molar-refractivity contribution in [1.29, 1.82) is 0 Å². The summed E-state index contributed by atoms with van der Waals surface area (Å²) in [7, 11) is 0. The van der Waals surface area contributed by atoms with Gasteiger partial charge in [-0.25, -0.2) is 4.98 Å². The molecule has 0 aliphatic carbocycles. The summed E-state index contributed by atoms with van der Waals surface area (Å²) in [6, 6.07) is 1.44. The van der Waals surface area contributed by atoms with Gasteiger partial charge in [-0.15, -0.1) is 0 Å². The van der Waals surface area contributed by atoms with Gasteiger partial charge in [0.25, 0.3) is 5.56 Å². The predicted octanol–water partition coefficient (Wildman–Crippen LogP) is 0.858. The quantitative estimate of drug-likeness (QED) is 0.632. The summed E-state index contributed by atoms with van der Waals surface area (Å²) in [4.78, 5) is 15.3. The molecule has 2 heterocycles. The Balaban J connectivity index is 2.34. The Labute approximate surface area is 80.1 Å². The zero-order chi connectivity index (χ0) is 9.26. The first-order valence-corrected chi connectivity index (χ1v) is 4.46. The van der Waals surface area contributed by atoms with E-state index < -0.39 is 0 Å². The van der Waals surface area contributed by atoms with Gasteiger partial charge in [0.1, 0.15) is 5.15 Å². The molecule has 13 heavy (non-hydrogen) atoms. The van der Waals surface area contributed by atoms with Crippen LogP contribution >= 0.6 is 11.6 Å². The molecule has 1 atom stereocenters. The van der Waals surface area contributed by atoms with Crippen LogP contribution in [-0.2, 0) is 4.74 Å². The largest absolute Gasteiger partial charge is 0.379 e. The maximum absolute atomic E-state index is 11.4. The summed E-state index contributed by atoms with van der Waals surface area (Å²) in [5, 5.41) is 0.236.